The highest BCUT2D eigenvalue weighted by Crippen LogP contribution is 2.57. The van der Waals surface area contributed by atoms with E-state index in [4.69, 9.17) is 4.74 Å². The number of amides is 1. The number of hydrogen-bond acceptors (Lipinski definition) is 5. The number of fused-ring (bicyclic) bond motifs is 1. The monoisotopic (exact) mass is 302 g/mol. The fourth-order valence-electron chi connectivity index (χ4n) is 4.29. The quantitative estimate of drug-likeness (QED) is 0.521. The van der Waals surface area contributed by atoms with Gasteiger partial charge in [-0.2, -0.15) is 0 Å². The second kappa shape index (κ2) is 4.53. The largest absolute Gasteiger partial charge is 0.462 e. The predicted octanol–water partition coefficient (Wildman–Crippen LogP) is 1.73. The van der Waals surface area contributed by atoms with Gasteiger partial charge in [-0.1, -0.05) is 6.07 Å². The van der Waals surface area contributed by atoms with E-state index < -0.39 is 4.92 Å². The smallest absolute Gasteiger partial charge is 0.310 e. The fraction of sp³-hybridized carbons (Fsp3) is 0.467. The molecule has 5 atom stereocenters. The number of nitro groups is 1. The number of benzene rings is 1. The molecule has 1 amide bonds. The first-order valence-corrected chi connectivity index (χ1v) is 7.30. The van der Waals surface area contributed by atoms with Crippen LogP contribution >= 0.6 is 0 Å². The Balaban J connectivity index is 1.55. The van der Waals surface area contributed by atoms with Crippen LogP contribution in [0.1, 0.15) is 12.8 Å². The van der Waals surface area contributed by atoms with Crippen molar-refractivity contribution in [3.05, 3.63) is 34.4 Å². The van der Waals surface area contributed by atoms with Gasteiger partial charge in [-0.3, -0.25) is 19.7 Å². The van der Waals surface area contributed by atoms with Crippen molar-refractivity contribution < 1.29 is 19.2 Å². The predicted molar refractivity (Wildman–Crippen MR) is 74.8 cm³/mol. The van der Waals surface area contributed by atoms with Crippen LogP contribution in [0.2, 0.25) is 0 Å². The van der Waals surface area contributed by atoms with Gasteiger partial charge in [0.05, 0.1) is 16.8 Å². The van der Waals surface area contributed by atoms with Crippen LogP contribution in [0.5, 0.6) is 0 Å². The number of hydrogen-bond donors (Lipinski definition) is 1. The summed E-state index contributed by atoms with van der Waals surface area (Å²) in [6.07, 6.45) is 1.60. The molecule has 3 fully saturated rings. The number of carbonyl (C=O) groups is 2. The molecule has 0 aromatic heterocycles. The summed E-state index contributed by atoms with van der Waals surface area (Å²) in [5.74, 6) is -0.897. The molecule has 1 aliphatic heterocycles. The minimum Gasteiger partial charge on any atom is -0.462 e. The number of carbonyl (C=O) groups excluding carboxylic acids is 2. The molecule has 2 saturated carbocycles. The Hall–Kier alpha value is -2.44. The molecule has 7 nitrogen and oxygen atoms in total. The standard InChI is InChI=1S/C15H14N2O5/c18-14(16-8-2-1-3-9(6-8)17(20)21)12-7-4-10-11(5-7)22-15(19)13(10)12/h1-3,6-7,10-13H,4-5H2,(H,16,18)/t7-,10+,11-,12-,13-/m1/s1. The van der Waals surface area contributed by atoms with E-state index in [1.54, 1.807) is 6.07 Å². The van der Waals surface area contributed by atoms with Crippen LogP contribution < -0.4 is 5.32 Å². The van der Waals surface area contributed by atoms with Gasteiger partial charge in [0.25, 0.3) is 5.69 Å². The number of nitrogens with zero attached hydrogens (tertiary/aromatic N) is 1. The number of ether oxygens (including phenoxy) is 1. The van der Waals surface area contributed by atoms with Gasteiger partial charge in [0.2, 0.25) is 5.91 Å². The van der Waals surface area contributed by atoms with E-state index in [1.807, 2.05) is 0 Å². The van der Waals surface area contributed by atoms with Crippen molar-refractivity contribution in [1.29, 1.82) is 0 Å². The van der Waals surface area contributed by atoms with Gasteiger partial charge in [-0.05, 0) is 24.8 Å². The molecule has 1 saturated heterocycles. The highest BCUT2D eigenvalue weighted by atomic mass is 16.6. The lowest BCUT2D eigenvalue weighted by molar-refractivity contribution is -0.384. The second-order valence-electron chi connectivity index (χ2n) is 6.22. The summed E-state index contributed by atoms with van der Waals surface area (Å²) in [6.45, 7) is 0. The first-order valence-electron chi connectivity index (χ1n) is 7.30. The van der Waals surface area contributed by atoms with Gasteiger partial charge in [0.1, 0.15) is 6.10 Å². The van der Waals surface area contributed by atoms with Gasteiger partial charge in [0.15, 0.2) is 0 Å². The lowest BCUT2D eigenvalue weighted by atomic mass is 9.79. The molecule has 22 heavy (non-hydrogen) atoms. The maximum atomic E-state index is 12.5. The molecule has 2 bridgehead atoms. The van der Waals surface area contributed by atoms with Crippen molar-refractivity contribution >= 4 is 23.3 Å². The molecular weight excluding hydrogens is 288 g/mol. The summed E-state index contributed by atoms with van der Waals surface area (Å²) < 4.78 is 5.31. The average molecular weight is 302 g/mol. The third-order valence-corrected chi connectivity index (χ3v) is 5.11. The second-order valence-corrected chi connectivity index (χ2v) is 6.22. The summed E-state index contributed by atoms with van der Waals surface area (Å²) in [6, 6.07) is 5.81. The van der Waals surface area contributed by atoms with E-state index in [1.165, 1.54) is 18.2 Å². The van der Waals surface area contributed by atoms with Crippen LogP contribution in [-0.4, -0.2) is 22.9 Å². The zero-order chi connectivity index (χ0) is 15.4. The number of non-ortho nitro benzene ring substituents is 1. The third kappa shape index (κ3) is 1.81. The van der Waals surface area contributed by atoms with Crippen molar-refractivity contribution in [2.75, 3.05) is 5.32 Å². The van der Waals surface area contributed by atoms with Crippen LogP contribution in [0.3, 0.4) is 0 Å². The number of rotatable bonds is 3. The van der Waals surface area contributed by atoms with E-state index in [0.29, 0.717) is 5.69 Å². The summed E-state index contributed by atoms with van der Waals surface area (Å²) >= 11 is 0. The van der Waals surface area contributed by atoms with Crippen LogP contribution in [0.15, 0.2) is 24.3 Å². The molecule has 3 aliphatic rings. The summed E-state index contributed by atoms with van der Waals surface area (Å²) in [5.41, 5.74) is 0.302. The topological polar surface area (TPSA) is 98.5 Å². The Morgan fingerprint density at radius 1 is 1.36 bits per heavy atom. The molecule has 1 N–H and O–H groups in total. The Morgan fingerprint density at radius 2 is 2.18 bits per heavy atom. The van der Waals surface area contributed by atoms with E-state index in [-0.39, 0.29) is 47.3 Å². The molecular formula is C15H14N2O5. The van der Waals surface area contributed by atoms with Crippen LogP contribution in [-0.2, 0) is 14.3 Å². The SMILES string of the molecule is O=C(Nc1cccc([N+](=O)[O-])c1)[C@@H]1[C@@H]2C[C@@H]3[C@H]1C(=O)O[C@@H]3C2. The first-order chi connectivity index (χ1) is 10.5. The number of nitro benzene ring substituents is 1. The average Bonchev–Trinajstić information content (AvgIpc) is 3.08. The van der Waals surface area contributed by atoms with E-state index in [9.17, 15) is 19.7 Å². The van der Waals surface area contributed by atoms with Crippen molar-refractivity contribution in [1.82, 2.24) is 0 Å². The van der Waals surface area contributed by atoms with Crippen LogP contribution in [0.25, 0.3) is 0 Å². The van der Waals surface area contributed by atoms with Crippen LogP contribution in [0, 0.1) is 33.8 Å². The summed E-state index contributed by atoms with van der Waals surface area (Å²) in [5, 5.41) is 13.5. The summed E-state index contributed by atoms with van der Waals surface area (Å²) in [4.78, 5) is 34.7. The van der Waals surface area contributed by atoms with Crippen molar-refractivity contribution in [3.63, 3.8) is 0 Å². The minimum absolute atomic E-state index is 0.00985. The number of esters is 1. The van der Waals surface area contributed by atoms with Gasteiger partial charge in [-0.25, -0.2) is 0 Å². The molecule has 0 unspecified atom stereocenters. The molecule has 2 aliphatic carbocycles. The molecule has 4 rings (SSSR count). The van der Waals surface area contributed by atoms with Crippen molar-refractivity contribution in [2.45, 2.75) is 18.9 Å². The molecule has 0 radical (unpaired) electrons. The van der Waals surface area contributed by atoms with Gasteiger partial charge >= 0.3 is 5.97 Å². The Bertz CT molecular complexity index is 686. The first kappa shape index (κ1) is 13.2. The third-order valence-electron chi connectivity index (χ3n) is 5.11. The molecule has 1 heterocycles. The highest BCUT2D eigenvalue weighted by molar-refractivity contribution is 5.97. The van der Waals surface area contributed by atoms with Crippen molar-refractivity contribution in [2.24, 2.45) is 23.7 Å². The maximum absolute atomic E-state index is 12.5. The van der Waals surface area contributed by atoms with Gasteiger partial charge in [-0.15, -0.1) is 0 Å². The molecule has 1 aromatic carbocycles. The highest BCUT2D eigenvalue weighted by Gasteiger charge is 2.63. The molecule has 1 aromatic rings. The van der Waals surface area contributed by atoms with Crippen LogP contribution in [0.4, 0.5) is 11.4 Å². The zero-order valence-corrected chi connectivity index (χ0v) is 11.6. The normalized spacial score (nSPS) is 34.5. The Labute approximate surface area is 125 Å². The molecule has 0 spiro atoms. The summed E-state index contributed by atoms with van der Waals surface area (Å²) in [7, 11) is 0. The lowest BCUT2D eigenvalue weighted by Gasteiger charge is -2.23. The van der Waals surface area contributed by atoms with Gasteiger partial charge < -0.3 is 10.1 Å². The van der Waals surface area contributed by atoms with Gasteiger partial charge in [0, 0.05) is 23.7 Å². The lowest BCUT2D eigenvalue weighted by Crippen LogP contribution is -2.35. The minimum atomic E-state index is -0.508. The van der Waals surface area contributed by atoms with E-state index in [2.05, 4.69) is 5.32 Å². The zero-order valence-electron chi connectivity index (χ0n) is 11.6. The fourth-order valence-corrected chi connectivity index (χ4v) is 4.29. The van der Waals surface area contributed by atoms with E-state index >= 15 is 0 Å². The maximum Gasteiger partial charge on any atom is 0.310 e. The van der Waals surface area contributed by atoms with E-state index in [0.717, 1.165) is 12.8 Å². The Kier molecular flexibility index (Phi) is 2.72. The Morgan fingerprint density at radius 3 is 2.95 bits per heavy atom. The van der Waals surface area contributed by atoms with Crippen molar-refractivity contribution in [3.8, 4) is 0 Å². The molecule has 114 valence electrons. The number of nitrogens with one attached hydrogen (secondary N) is 1. The molecule has 7 heteroatoms. The number of anilines is 1.